The Morgan fingerprint density at radius 2 is 2.21 bits per heavy atom. The summed E-state index contributed by atoms with van der Waals surface area (Å²) in [5, 5.41) is 3.28. The minimum atomic E-state index is 0. The van der Waals surface area contributed by atoms with E-state index in [0.29, 0.717) is 0 Å². The van der Waals surface area contributed by atoms with Gasteiger partial charge in [0.1, 0.15) is 0 Å². The maximum absolute atomic E-state index is 4.93. The monoisotopic (exact) mass is 279 g/mol. The molecule has 0 aromatic heterocycles. The van der Waals surface area contributed by atoms with Crippen LogP contribution in [0.5, 0.6) is 0 Å². The van der Waals surface area contributed by atoms with Crippen LogP contribution < -0.4 is 5.32 Å². The molecule has 1 N–H and O–H groups in total. The number of nitrogens with one attached hydrogen (secondary N) is 1. The van der Waals surface area contributed by atoms with Crippen LogP contribution in [0.25, 0.3) is 0 Å². The Labute approximate surface area is 99.6 Å². The zero-order valence-corrected chi connectivity index (χ0v) is 10.5. The first-order valence-electron chi connectivity index (χ1n) is 4.27. The van der Waals surface area contributed by atoms with Crippen molar-refractivity contribution in [3.05, 3.63) is 34.3 Å². The van der Waals surface area contributed by atoms with E-state index in [1.807, 2.05) is 12.1 Å². The molecular weight excluding hydrogens is 265 g/mol. The van der Waals surface area contributed by atoms with Crippen LogP contribution in [0.4, 0.5) is 0 Å². The van der Waals surface area contributed by atoms with Gasteiger partial charge in [0, 0.05) is 24.7 Å². The second-order valence-electron chi connectivity index (χ2n) is 2.80. The second-order valence-corrected chi connectivity index (χ2v) is 3.72. The Bertz CT molecular complexity index is 258. The van der Waals surface area contributed by atoms with Gasteiger partial charge in [0.15, 0.2) is 0 Å². The molecule has 0 aliphatic carbocycles. The highest BCUT2D eigenvalue weighted by atomic mass is 79.9. The molecule has 0 bridgehead atoms. The van der Waals surface area contributed by atoms with Crippen molar-refractivity contribution in [1.29, 1.82) is 0 Å². The van der Waals surface area contributed by atoms with Gasteiger partial charge in [-0.2, -0.15) is 0 Å². The fourth-order valence-electron chi connectivity index (χ4n) is 1.05. The van der Waals surface area contributed by atoms with Crippen molar-refractivity contribution in [2.24, 2.45) is 0 Å². The third kappa shape index (κ3) is 5.60. The van der Waals surface area contributed by atoms with E-state index in [1.54, 1.807) is 7.11 Å². The molecule has 0 aliphatic heterocycles. The molecule has 0 amide bonds. The smallest absolute Gasteiger partial charge is 0.0587 e. The van der Waals surface area contributed by atoms with Crippen molar-refractivity contribution in [1.82, 2.24) is 5.32 Å². The Balaban J connectivity index is 0.00000169. The van der Waals surface area contributed by atoms with Gasteiger partial charge in [-0.15, -0.1) is 12.4 Å². The predicted octanol–water partition coefficient (Wildman–Crippen LogP) is 2.61. The largest absolute Gasteiger partial charge is 0.383 e. The van der Waals surface area contributed by atoms with Gasteiger partial charge in [-0.1, -0.05) is 28.1 Å². The molecule has 1 aromatic rings. The van der Waals surface area contributed by atoms with E-state index in [2.05, 4.69) is 33.4 Å². The van der Waals surface area contributed by atoms with E-state index in [4.69, 9.17) is 4.74 Å². The number of benzene rings is 1. The summed E-state index contributed by atoms with van der Waals surface area (Å²) in [6.45, 7) is 2.54. The van der Waals surface area contributed by atoms with Crippen LogP contribution in [-0.4, -0.2) is 20.3 Å². The van der Waals surface area contributed by atoms with Gasteiger partial charge in [0.25, 0.3) is 0 Å². The summed E-state index contributed by atoms with van der Waals surface area (Å²) in [6, 6.07) is 8.28. The van der Waals surface area contributed by atoms with Crippen LogP contribution in [-0.2, 0) is 11.3 Å². The molecule has 0 unspecified atom stereocenters. The van der Waals surface area contributed by atoms with Gasteiger partial charge in [-0.3, -0.25) is 0 Å². The molecule has 2 nitrogen and oxygen atoms in total. The fourth-order valence-corrected chi connectivity index (χ4v) is 1.50. The van der Waals surface area contributed by atoms with E-state index < -0.39 is 0 Å². The van der Waals surface area contributed by atoms with Gasteiger partial charge in [0.2, 0.25) is 0 Å². The van der Waals surface area contributed by atoms with Crippen LogP contribution >= 0.6 is 28.3 Å². The van der Waals surface area contributed by atoms with Crippen molar-refractivity contribution < 1.29 is 4.74 Å². The number of methoxy groups -OCH3 is 1. The third-order valence-corrected chi connectivity index (χ3v) is 2.19. The molecule has 0 atom stereocenters. The molecule has 0 spiro atoms. The highest BCUT2D eigenvalue weighted by Crippen LogP contribution is 2.10. The average Bonchev–Trinajstić information content (AvgIpc) is 2.13. The van der Waals surface area contributed by atoms with Gasteiger partial charge in [-0.05, 0) is 17.7 Å². The molecule has 0 radical (unpaired) electrons. The Hall–Kier alpha value is -0.0900. The average molecular weight is 281 g/mol. The van der Waals surface area contributed by atoms with Crippen molar-refractivity contribution in [2.75, 3.05) is 20.3 Å². The second kappa shape index (κ2) is 8.24. The highest BCUT2D eigenvalue weighted by molar-refractivity contribution is 9.10. The van der Waals surface area contributed by atoms with Gasteiger partial charge in [0.05, 0.1) is 6.61 Å². The van der Waals surface area contributed by atoms with E-state index >= 15 is 0 Å². The van der Waals surface area contributed by atoms with E-state index in [9.17, 15) is 0 Å². The summed E-state index contributed by atoms with van der Waals surface area (Å²) in [7, 11) is 1.71. The Morgan fingerprint density at radius 1 is 1.43 bits per heavy atom. The molecule has 0 aliphatic rings. The molecule has 0 saturated carbocycles. The van der Waals surface area contributed by atoms with Crippen LogP contribution in [0, 0.1) is 0 Å². The zero-order chi connectivity index (χ0) is 9.52. The van der Waals surface area contributed by atoms with E-state index in [0.717, 1.165) is 24.2 Å². The standard InChI is InChI=1S/C10H14BrNO.ClH/c1-13-6-5-12-8-9-3-2-4-10(11)7-9;/h2-4,7,12H,5-6,8H2,1H3;1H. The van der Waals surface area contributed by atoms with Crippen LogP contribution in [0.2, 0.25) is 0 Å². The Morgan fingerprint density at radius 3 is 2.86 bits per heavy atom. The topological polar surface area (TPSA) is 21.3 Å². The summed E-state index contributed by atoms with van der Waals surface area (Å²) in [5.74, 6) is 0. The quantitative estimate of drug-likeness (QED) is 0.837. The highest BCUT2D eigenvalue weighted by Gasteiger charge is 1.92. The number of ether oxygens (including phenoxy) is 1. The lowest BCUT2D eigenvalue weighted by Crippen LogP contribution is -2.18. The van der Waals surface area contributed by atoms with Crippen molar-refractivity contribution in [3.63, 3.8) is 0 Å². The first kappa shape index (κ1) is 13.9. The number of halogens is 2. The molecular formula is C10H15BrClNO. The number of rotatable bonds is 5. The molecule has 80 valence electrons. The first-order valence-corrected chi connectivity index (χ1v) is 5.06. The maximum atomic E-state index is 4.93. The predicted molar refractivity (Wildman–Crippen MR) is 65.0 cm³/mol. The SMILES string of the molecule is COCCNCc1cccc(Br)c1.Cl. The maximum Gasteiger partial charge on any atom is 0.0587 e. The van der Waals surface area contributed by atoms with Crippen LogP contribution in [0.1, 0.15) is 5.56 Å². The van der Waals surface area contributed by atoms with Crippen molar-refractivity contribution in [2.45, 2.75) is 6.54 Å². The minimum Gasteiger partial charge on any atom is -0.383 e. The first-order chi connectivity index (χ1) is 6.33. The molecule has 14 heavy (non-hydrogen) atoms. The van der Waals surface area contributed by atoms with E-state index in [1.165, 1.54) is 5.56 Å². The lowest BCUT2D eigenvalue weighted by molar-refractivity contribution is 0.199. The summed E-state index contributed by atoms with van der Waals surface area (Å²) in [4.78, 5) is 0. The molecule has 1 aromatic carbocycles. The zero-order valence-electron chi connectivity index (χ0n) is 8.13. The molecule has 1 rings (SSSR count). The fraction of sp³-hybridized carbons (Fsp3) is 0.400. The molecule has 0 saturated heterocycles. The molecule has 0 fully saturated rings. The minimum absolute atomic E-state index is 0. The van der Waals surface area contributed by atoms with Gasteiger partial charge < -0.3 is 10.1 Å². The third-order valence-electron chi connectivity index (χ3n) is 1.70. The van der Waals surface area contributed by atoms with Crippen LogP contribution in [0.15, 0.2) is 28.7 Å². The summed E-state index contributed by atoms with van der Waals surface area (Å²) < 4.78 is 6.06. The van der Waals surface area contributed by atoms with Gasteiger partial charge >= 0.3 is 0 Å². The summed E-state index contributed by atoms with van der Waals surface area (Å²) >= 11 is 3.43. The van der Waals surface area contributed by atoms with Crippen molar-refractivity contribution >= 4 is 28.3 Å². The van der Waals surface area contributed by atoms with Gasteiger partial charge in [-0.25, -0.2) is 0 Å². The van der Waals surface area contributed by atoms with E-state index in [-0.39, 0.29) is 12.4 Å². The number of hydrogen-bond donors (Lipinski definition) is 1. The Kier molecular flexibility index (Phi) is 8.18. The summed E-state index contributed by atoms with van der Waals surface area (Å²) in [6.07, 6.45) is 0. The molecule has 4 heteroatoms. The normalized spacial score (nSPS) is 9.57. The van der Waals surface area contributed by atoms with Crippen molar-refractivity contribution in [3.8, 4) is 0 Å². The lowest BCUT2D eigenvalue weighted by atomic mass is 10.2. The molecule has 0 heterocycles. The lowest BCUT2D eigenvalue weighted by Gasteiger charge is -2.04. The number of hydrogen-bond acceptors (Lipinski definition) is 2. The summed E-state index contributed by atoms with van der Waals surface area (Å²) in [5.41, 5.74) is 1.28. The van der Waals surface area contributed by atoms with Crippen LogP contribution in [0.3, 0.4) is 0 Å².